The van der Waals surface area contributed by atoms with Crippen LogP contribution >= 0.6 is 0 Å². The van der Waals surface area contributed by atoms with Gasteiger partial charge in [-0.2, -0.15) is 8.42 Å². The zero-order valence-electron chi connectivity index (χ0n) is 6.98. The highest BCUT2D eigenvalue weighted by Gasteiger charge is 2.42. The standard InChI is InChI=1S/C5H11NO7S/c6-14(10,11)12-1-2-3(7)4(8)5(9)13-2/h2-5,7-9H,1H2,(H2,6,10,11)/t2-,3-,4+,5+/m1/s1. The summed E-state index contributed by atoms with van der Waals surface area (Å²) in [6.07, 6.45) is -5.58. The summed E-state index contributed by atoms with van der Waals surface area (Å²) < 4.78 is 29.4. The van der Waals surface area contributed by atoms with Crippen molar-refractivity contribution in [3.8, 4) is 0 Å². The zero-order valence-corrected chi connectivity index (χ0v) is 7.79. The summed E-state index contributed by atoms with van der Waals surface area (Å²) in [6.45, 7) is -0.561. The normalized spacial score (nSPS) is 38.9. The van der Waals surface area contributed by atoms with Crippen LogP contribution in [0.3, 0.4) is 0 Å². The fraction of sp³-hybridized carbons (Fsp3) is 1.00. The first kappa shape index (κ1) is 11.8. The van der Waals surface area contributed by atoms with Crippen molar-refractivity contribution in [3.63, 3.8) is 0 Å². The molecular formula is C5H11NO7S. The van der Waals surface area contributed by atoms with Crippen LogP contribution in [0.2, 0.25) is 0 Å². The number of rotatable bonds is 3. The van der Waals surface area contributed by atoms with Crippen molar-refractivity contribution in [3.05, 3.63) is 0 Å². The number of hydrogen-bond donors (Lipinski definition) is 4. The number of aliphatic hydroxyl groups excluding tert-OH is 3. The Morgan fingerprint density at radius 3 is 2.21 bits per heavy atom. The molecule has 0 aliphatic carbocycles. The molecule has 0 bridgehead atoms. The molecule has 0 amide bonds. The Hall–Kier alpha value is -0.290. The molecule has 0 spiro atoms. The minimum absolute atomic E-state index is 0.561. The summed E-state index contributed by atoms with van der Waals surface area (Å²) in [5.41, 5.74) is 0. The van der Waals surface area contributed by atoms with E-state index in [2.05, 4.69) is 14.1 Å². The smallest absolute Gasteiger partial charge is 0.333 e. The van der Waals surface area contributed by atoms with E-state index in [1.165, 1.54) is 0 Å². The van der Waals surface area contributed by atoms with Gasteiger partial charge in [0.25, 0.3) is 0 Å². The van der Waals surface area contributed by atoms with E-state index >= 15 is 0 Å². The SMILES string of the molecule is NS(=O)(=O)OC[C@H]1O[C@H](O)[C@@H](O)[C@@H]1O. The first-order chi connectivity index (χ1) is 6.31. The molecule has 0 aromatic rings. The number of ether oxygens (including phenoxy) is 1. The molecule has 0 radical (unpaired) electrons. The van der Waals surface area contributed by atoms with E-state index in [4.69, 9.17) is 10.2 Å². The second-order valence-corrected chi connectivity index (χ2v) is 4.04. The molecule has 0 aromatic carbocycles. The predicted molar refractivity (Wildman–Crippen MR) is 42.0 cm³/mol. The molecular weight excluding hydrogens is 218 g/mol. The van der Waals surface area contributed by atoms with Crippen molar-refractivity contribution in [2.75, 3.05) is 6.61 Å². The number of nitrogens with two attached hydrogens (primary N) is 1. The molecule has 5 N–H and O–H groups in total. The maximum atomic E-state index is 10.4. The summed E-state index contributed by atoms with van der Waals surface area (Å²) in [6, 6.07) is 0. The molecule has 14 heavy (non-hydrogen) atoms. The topological polar surface area (TPSA) is 139 Å². The Bertz CT molecular complexity index is 290. The molecule has 1 heterocycles. The van der Waals surface area contributed by atoms with Crippen LogP contribution in [0.25, 0.3) is 0 Å². The molecule has 4 atom stereocenters. The molecule has 84 valence electrons. The van der Waals surface area contributed by atoms with E-state index in [-0.39, 0.29) is 0 Å². The van der Waals surface area contributed by atoms with Crippen LogP contribution in [0.5, 0.6) is 0 Å². The Morgan fingerprint density at radius 2 is 1.86 bits per heavy atom. The Morgan fingerprint density at radius 1 is 1.29 bits per heavy atom. The third-order valence-electron chi connectivity index (χ3n) is 1.73. The Kier molecular flexibility index (Phi) is 3.42. The molecule has 1 rings (SSSR count). The van der Waals surface area contributed by atoms with Crippen LogP contribution in [-0.2, 0) is 19.2 Å². The van der Waals surface area contributed by atoms with E-state index < -0.39 is 41.5 Å². The molecule has 8 nitrogen and oxygen atoms in total. The molecule has 0 saturated carbocycles. The van der Waals surface area contributed by atoms with E-state index in [9.17, 15) is 13.5 Å². The third-order valence-corrected chi connectivity index (χ3v) is 2.20. The third kappa shape index (κ3) is 2.85. The quantitative estimate of drug-likeness (QED) is 0.396. The first-order valence-electron chi connectivity index (χ1n) is 3.68. The highest BCUT2D eigenvalue weighted by atomic mass is 32.2. The molecule has 1 fully saturated rings. The lowest BCUT2D eigenvalue weighted by atomic mass is 10.1. The summed E-state index contributed by atoms with van der Waals surface area (Å²) in [5.74, 6) is 0. The van der Waals surface area contributed by atoms with Gasteiger partial charge in [0.2, 0.25) is 0 Å². The van der Waals surface area contributed by atoms with Crippen LogP contribution in [0.1, 0.15) is 0 Å². The summed E-state index contributed by atoms with van der Waals surface area (Å²) in [5, 5.41) is 31.6. The van der Waals surface area contributed by atoms with Gasteiger partial charge >= 0.3 is 10.3 Å². The van der Waals surface area contributed by atoms with Crippen molar-refractivity contribution in [2.45, 2.75) is 24.6 Å². The maximum Gasteiger partial charge on any atom is 0.333 e. The molecule has 1 aliphatic heterocycles. The van der Waals surface area contributed by atoms with Crippen molar-refractivity contribution in [1.29, 1.82) is 0 Å². The minimum atomic E-state index is -4.12. The van der Waals surface area contributed by atoms with Crippen LogP contribution in [0, 0.1) is 0 Å². The summed E-state index contributed by atoms with van der Waals surface area (Å²) in [4.78, 5) is 0. The zero-order chi connectivity index (χ0) is 10.9. The van der Waals surface area contributed by atoms with Crippen LogP contribution in [0.4, 0.5) is 0 Å². The second-order valence-electron chi connectivity index (χ2n) is 2.82. The Labute approximate surface area is 80.1 Å². The molecule has 1 saturated heterocycles. The monoisotopic (exact) mass is 229 g/mol. The highest BCUT2D eigenvalue weighted by molar-refractivity contribution is 7.84. The van der Waals surface area contributed by atoms with E-state index in [0.29, 0.717) is 0 Å². The molecule has 9 heteroatoms. The molecule has 0 aromatic heterocycles. The van der Waals surface area contributed by atoms with E-state index in [0.717, 1.165) is 0 Å². The minimum Gasteiger partial charge on any atom is -0.387 e. The lowest BCUT2D eigenvalue weighted by molar-refractivity contribution is -0.131. The van der Waals surface area contributed by atoms with Gasteiger partial charge in [-0.05, 0) is 0 Å². The number of hydrogen-bond acceptors (Lipinski definition) is 7. The van der Waals surface area contributed by atoms with E-state index in [1.807, 2.05) is 0 Å². The lowest BCUT2D eigenvalue weighted by Gasteiger charge is -2.12. The fourth-order valence-electron chi connectivity index (χ4n) is 1.03. The summed E-state index contributed by atoms with van der Waals surface area (Å²) in [7, 11) is -4.12. The fourth-order valence-corrected chi connectivity index (χ4v) is 1.35. The van der Waals surface area contributed by atoms with Crippen molar-refractivity contribution in [2.24, 2.45) is 5.14 Å². The van der Waals surface area contributed by atoms with Crippen LogP contribution in [-0.4, -0.2) is 54.9 Å². The van der Waals surface area contributed by atoms with Gasteiger partial charge < -0.3 is 20.1 Å². The van der Waals surface area contributed by atoms with Gasteiger partial charge in [0.1, 0.15) is 18.3 Å². The van der Waals surface area contributed by atoms with Gasteiger partial charge in [0, 0.05) is 0 Å². The Balaban J connectivity index is 2.48. The number of aliphatic hydroxyl groups is 3. The van der Waals surface area contributed by atoms with Gasteiger partial charge in [-0.15, -0.1) is 0 Å². The predicted octanol–water partition coefficient (Wildman–Crippen LogP) is -3.35. The van der Waals surface area contributed by atoms with Gasteiger partial charge in [-0.1, -0.05) is 0 Å². The average molecular weight is 229 g/mol. The lowest BCUT2D eigenvalue weighted by Crippen LogP contribution is -2.35. The van der Waals surface area contributed by atoms with Crippen LogP contribution in [0.15, 0.2) is 0 Å². The van der Waals surface area contributed by atoms with Gasteiger partial charge in [0.05, 0.1) is 6.61 Å². The highest BCUT2D eigenvalue weighted by Crippen LogP contribution is 2.19. The average Bonchev–Trinajstić information content (AvgIpc) is 2.28. The van der Waals surface area contributed by atoms with Crippen molar-refractivity contribution >= 4 is 10.3 Å². The van der Waals surface area contributed by atoms with Crippen LogP contribution < -0.4 is 5.14 Å². The molecule has 1 aliphatic rings. The largest absolute Gasteiger partial charge is 0.387 e. The van der Waals surface area contributed by atoms with Crippen molar-refractivity contribution in [1.82, 2.24) is 0 Å². The van der Waals surface area contributed by atoms with Gasteiger partial charge in [-0.25, -0.2) is 5.14 Å². The molecule has 0 unspecified atom stereocenters. The van der Waals surface area contributed by atoms with Crippen molar-refractivity contribution < 1.29 is 32.7 Å². The summed E-state index contributed by atoms with van der Waals surface area (Å²) >= 11 is 0. The van der Waals surface area contributed by atoms with Gasteiger partial charge in [0.15, 0.2) is 6.29 Å². The van der Waals surface area contributed by atoms with Gasteiger partial charge in [-0.3, -0.25) is 4.18 Å². The first-order valence-corrected chi connectivity index (χ1v) is 5.15. The second kappa shape index (κ2) is 4.06. The maximum absolute atomic E-state index is 10.4. The van der Waals surface area contributed by atoms with E-state index in [1.54, 1.807) is 0 Å².